The quantitative estimate of drug-likeness (QED) is 0.683. The van der Waals surface area contributed by atoms with Gasteiger partial charge in [-0.2, -0.15) is 13.2 Å². The summed E-state index contributed by atoms with van der Waals surface area (Å²) < 4.78 is 43.5. The van der Waals surface area contributed by atoms with Gasteiger partial charge in [0.1, 0.15) is 6.10 Å². The molecule has 1 amide bonds. The Morgan fingerprint density at radius 3 is 2.03 bits per heavy atom. The Morgan fingerprint density at radius 1 is 1.00 bits per heavy atom. The van der Waals surface area contributed by atoms with Gasteiger partial charge in [0.25, 0.3) is 0 Å². The molecule has 2 aromatic carbocycles. The van der Waals surface area contributed by atoms with Crippen LogP contribution in [0.15, 0.2) is 48.5 Å². The summed E-state index contributed by atoms with van der Waals surface area (Å²) in [6, 6.07) is 10.7. The minimum Gasteiger partial charge on any atom is -0.478 e. The summed E-state index contributed by atoms with van der Waals surface area (Å²) in [6.45, 7) is 3.81. The molecule has 0 saturated heterocycles. The smallest absolute Gasteiger partial charge is 0.416 e. The van der Waals surface area contributed by atoms with Crippen LogP contribution in [0.4, 0.5) is 13.2 Å². The minimum atomic E-state index is -4.40. The molecule has 0 aromatic heterocycles. The molecule has 1 atom stereocenters. The maximum Gasteiger partial charge on any atom is 0.416 e. The first kappa shape index (κ1) is 22.4. The largest absolute Gasteiger partial charge is 0.478 e. The number of alkyl halides is 3. The molecule has 2 rings (SSSR count). The third-order valence-electron chi connectivity index (χ3n) is 4.24. The van der Waals surface area contributed by atoms with Crippen LogP contribution in [0, 0.1) is 5.92 Å². The van der Waals surface area contributed by atoms with Gasteiger partial charge in [0, 0.05) is 6.54 Å². The average Bonchev–Trinajstić information content (AvgIpc) is 2.66. The summed E-state index contributed by atoms with van der Waals surface area (Å²) in [4.78, 5) is 23.3. The highest BCUT2D eigenvalue weighted by molar-refractivity contribution is 5.87. The number of carboxylic acids is 1. The first-order valence-corrected chi connectivity index (χ1v) is 8.95. The van der Waals surface area contributed by atoms with Gasteiger partial charge in [0.05, 0.1) is 17.7 Å². The molecule has 2 N–H and O–H groups in total. The molecule has 0 unspecified atom stereocenters. The lowest BCUT2D eigenvalue weighted by atomic mass is 10.1. The van der Waals surface area contributed by atoms with Gasteiger partial charge in [0.2, 0.25) is 5.91 Å². The molecule has 8 heteroatoms. The third-order valence-corrected chi connectivity index (χ3v) is 4.24. The van der Waals surface area contributed by atoms with Crippen LogP contribution in [0.5, 0.6) is 0 Å². The third kappa shape index (κ3) is 6.60. The molecule has 0 heterocycles. The van der Waals surface area contributed by atoms with Crippen LogP contribution in [0.3, 0.4) is 0 Å². The number of nitrogens with one attached hydrogen (secondary N) is 1. The van der Waals surface area contributed by atoms with Crippen LogP contribution in [0.25, 0.3) is 0 Å². The Morgan fingerprint density at radius 2 is 1.55 bits per heavy atom. The number of amides is 1. The number of carboxylic acid groups (broad SMARTS) is 1. The molecule has 0 bridgehead atoms. The van der Waals surface area contributed by atoms with E-state index in [-0.39, 0.29) is 30.5 Å². The molecule has 0 aliphatic carbocycles. The van der Waals surface area contributed by atoms with Crippen molar-refractivity contribution in [2.75, 3.05) is 0 Å². The van der Waals surface area contributed by atoms with Crippen molar-refractivity contribution < 1.29 is 32.6 Å². The molecule has 2 aromatic rings. The molecule has 5 nitrogen and oxygen atoms in total. The van der Waals surface area contributed by atoms with Crippen LogP contribution < -0.4 is 5.32 Å². The SMILES string of the molecule is CC(C)[C@@H](OCc1ccc(C(F)(F)F)cc1)C(=O)NCc1ccc(C(=O)O)cc1. The monoisotopic (exact) mass is 409 g/mol. The Kier molecular flexibility index (Phi) is 7.39. The van der Waals surface area contributed by atoms with Crippen LogP contribution in [-0.4, -0.2) is 23.1 Å². The minimum absolute atomic E-state index is 0.00170. The van der Waals surface area contributed by atoms with E-state index in [0.29, 0.717) is 5.56 Å². The standard InChI is InChI=1S/C21H22F3NO4/c1-13(2)18(29-12-15-5-9-17(10-6-15)21(22,23)24)19(26)25-11-14-3-7-16(8-4-14)20(27)28/h3-10,13,18H,11-12H2,1-2H3,(H,25,26)(H,27,28)/t18-/m1/s1. The highest BCUT2D eigenvalue weighted by atomic mass is 19.4. The van der Waals surface area contributed by atoms with E-state index in [0.717, 1.165) is 17.7 Å². The molecule has 0 saturated carbocycles. The van der Waals surface area contributed by atoms with Crippen molar-refractivity contribution >= 4 is 11.9 Å². The lowest BCUT2D eigenvalue weighted by molar-refractivity contribution is -0.137. The van der Waals surface area contributed by atoms with Gasteiger partial charge in [-0.3, -0.25) is 4.79 Å². The number of hydrogen-bond acceptors (Lipinski definition) is 3. The van der Waals surface area contributed by atoms with Crippen molar-refractivity contribution in [3.63, 3.8) is 0 Å². The first-order chi connectivity index (χ1) is 13.6. The molecular formula is C21H22F3NO4. The predicted molar refractivity (Wildman–Crippen MR) is 100 cm³/mol. The fraction of sp³-hybridized carbons (Fsp3) is 0.333. The van der Waals surface area contributed by atoms with Crippen molar-refractivity contribution in [1.82, 2.24) is 5.32 Å². The molecule has 0 radical (unpaired) electrons. The van der Waals surface area contributed by atoms with Crippen LogP contribution in [0.2, 0.25) is 0 Å². The van der Waals surface area contributed by atoms with Crippen molar-refractivity contribution in [2.45, 2.75) is 39.3 Å². The second-order valence-corrected chi connectivity index (χ2v) is 6.89. The zero-order valence-corrected chi connectivity index (χ0v) is 16.0. The number of carbonyl (C=O) groups is 2. The van der Waals surface area contributed by atoms with Gasteiger partial charge >= 0.3 is 12.1 Å². The molecule has 156 valence electrons. The van der Waals surface area contributed by atoms with Crippen molar-refractivity contribution in [3.8, 4) is 0 Å². The van der Waals surface area contributed by atoms with E-state index in [1.54, 1.807) is 26.0 Å². The lowest BCUT2D eigenvalue weighted by Gasteiger charge is -2.21. The Hall–Kier alpha value is -2.87. The topological polar surface area (TPSA) is 75.6 Å². The van der Waals surface area contributed by atoms with E-state index in [4.69, 9.17) is 9.84 Å². The molecular weight excluding hydrogens is 387 g/mol. The summed E-state index contributed by atoms with van der Waals surface area (Å²) in [5, 5.41) is 11.6. The zero-order chi connectivity index (χ0) is 21.6. The van der Waals surface area contributed by atoms with E-state index in [9.17, 15) is 22.8 Å². The number of ether oxygens (including phenoxy) is 1. The average molecular weight is 409 g/mol. The Bertz CT molecular complexity index is 830. The van der Waals surface area contributed by atoms with E-state index in [1.807, 2.05) is 0 Å². The second-order valence-electron chi connectivity index (χ2n) is 6.89. The van der Waals surface area contributed by atoms with E-state index in [1.165, 1.54) is 24.3 Å². The number of rotatable bonds is 8. The predicted octanol–water partition coefficient (Wildman–Crippen LogP) is 4.26. The number of carbonyl (C=O) groups excluding carboxylic acids is 1. The normalized spacial score (nSPS) is 12.6. The number of benzene rings is 2. The number of hydrogen-bond donors (Lipinski definition) is 2. The van der Waals surface area contributed by atoms with Gasteiger partial charge in [-0.1, -0.05) is 38.1 Å². The van der Waals surface area contributed by atoms with Gasteiger partial charge in [-0.25, -0.2) is 4.79 Å². The van der Waals surface area contributed by atoms with Crippen LogP contribution in [-0.2, 0) is 28.9 Å². The van der Waals surface area contributed by atoms with Crippen molar-refractivity contribution in [1.29, 1.82) is 0 Å². The summed E-state index contributed by atoms with van der Waals surface area (Å²) in [6.07, 6.45) is -5.18. The summed E-state index contributed by atoms with van der Waals surface area (Å²) in [7, 11) is 0. The summed E-state index contributed by atoms with van der Waals surface area (Å²) in [5.41, 5.74) is 0.669. The van der Waals surface area contributed by atoms with Crippen molar-refractivity contribution in [3.05, 3.63) is 70.8 Å². The van der Waals surface area contributed by atoms with Gasteiger partial charge < -0.3 is 15.2 Å². The van der Waals surface area contributed by atoms with Gasteiger partial charge in [-0.15, -0.1) is 0 Å². The summed E-state index contributed by atoms with van der Waals surface area (Å²) in [5.74, 6) is -1.54. The van der Waals surface area contributed by atoms with Crippen LogP contribution >= 0.6 is 0 Å². The zero-order valence-electron chi connectivity index (χ0n) is 16.0. The highest BCUT2D eigenvalue weighted by Gasteiger charge is 2.30. The second kappa shape index (κ2) is 9.56. The van der Waals surface area contributed by atoms with E-state index >= 15 is 0 Å². The molecule has 0 aliphatic rings. The maximum absolute atomic E-state index is 12.6. The van der Waals surface area contributed by atoms with Crippen molar-refractivity contribution in [2.24, 2.45) is 5.92 Å². The van der Waals surface area contributed by atoms with Gasteiger partial charge in [0.15, 0.2) is 0 Å². The molecule has 29 heavy (non-hydrogen) atoms. The Balaban J connectivity index is 1.92. The number of aromatic carboxylic acids is 1. The van der Waals surface area contributed by atoms with Crippen LogP contribution in [0.1, 0.15) is 40.9 Å². The molecule has 0 spiro atoms. The van der Waals surface area contributed by atoms with Gasteiger partial charge in [-0.05, 0) is 41.3 Å². The lowest BCUT2D eigenvalue weighted by Crippen LogP contribution is -2.39. The highest BCUT2D eigenvalue weighted by Crippen LogP contribution is 2.29. The first-order valence-electron chi connectivity index (χ1n) is 8.95. The summed E-state index contributed by atoms with van der Waals surface area (Å²) >= 11 is 0. The molecule has 0 aliphatic heterocycles. The van der Waals surface area contributed by atoms with E-state index in [2.05, 4.69) is 5.32 Å². The Labute approximate surface area is 166 Å². The molecule has 0 fully saturated rings. The van der Waals surface area contributed by atoms with E-state index < -0.39 is 23.8 Å². The fourth-order valence-corrected chi connectivity index (χ4v) is 2.60. The maximum atomic E-state index is 12.6. The fourth-order valence-electron chi connectivity index (χ4n) is 2.60. The number of halogens is 3.